The zero-order chi connectivity index (χ0) is 12.1. The van der Waals surface area contributed by atoms with Gasteiger partial charge < -0.3 is 9.84 Å². The van der Waals surface area contributed by atoms with Gasteiger partial charge in [0.1, 0.15) is 0 Å². The second kappa shape index (κ2) is 11.7. The number of aliphatic hydroxyl groups is 1. The van der Waals surface area contributed by atoms with E-state index in [9.17, 15) is 0 Å². The van der Waals surface area contributed by atoms with Crippen LogP contribution in [-0.2, 0) is 4.74 Å². The predicted molar refractivity (Wildman–Crippen MR) is 64.8 cm³/mol. The van der Waals surface area contributed by atoms with Crippen LogP contribution in [0.2, 0.25) is 0 Å². The van der Waals surface area contributed by atoms with Crippen LogP contribution in [0, 0.1) is 11.3 Å². The molecule has 0 heterocycles. The van der Waals surface area contributed by atoms with E-state index >= 15 is 0 Å². The van der Waals surface area contributed by atoms with Crippen molar-refractivity contribution in [3.05, 3.63) is 36.5 Å². The van der Waals surface area contributed by atoms with Crippen molar-refractivity contribution in [2.24, 2.45) is 0 Å². The van der Waals surface area contributed by atoms with Gasteiger partial charge in [0.2, 0.25) is 0 Å². The monoisotopic (exact) mass is 221 g/mol. The fourth-order valence-corrected chi connectivity index (χ4v) is 1.01. The molecule has 88 valence electrons. The summed E-state index contributed by atoms with van der Waals surface area (Å²) in [5, 5.41) is 17.1. The average molecular weight is 221 g/mol. The number of ether oxygens (including phenoxy) is 1. The molecule has 0 fully saturated rings. The van der Waals surface area contributed by atoms with Gasteiger partial charge in [-0.2, -0.15) is 5.26 Å². The first kappa shape index (κ1) is 14.6. The number of allylic oxidation sites excluding steroid dienone is 4. The Balaban J connectivity index is 3.58. The number of nitrogens with zero attached hydrogens (tertiary/aromatic N) is 1. The summed E-state index contributed by atoms with van der Waals surface area (Å²) in [7, 11) is 1.51. The van der Waals surface area contributed by atoms with E-state index in [1.165, 1.54) is 7.11 Å². The van der Waals surface area contributed by atoms with Crippen LogP contribution in [0.4, 0.5) is 0 Å². The van der Waals surface area contributed by atoms with Crippen molar-refractivity contribution < 1.29 is 9.84 Å². The molecule has 0 aromatic carbocycles. The van der Waals surface area contributed by atoms with Crippen LogP contribution in [0.15, 0.2) is 36.5 Å². The Kier molecular flexibility index (Phi) is 10.7. The zero-order valence-corrected chi connectivity index (χ0v) is 9.67. The summed E-state index contributed by atoms with van der Waals surface area (Å²) >= 11 is 0. The fourth-order valence-electron chi connectivity index (χ4n) is 1.01. The molecule has 1 N–H and O–H groups in total. The average Bonchev–Trinajstić information content (AvgIpc) is 2.32. The van der Waals surface area contributed by atoms with E-state index in [4.69, 9.17) is 15.1 Å². The Morgan fingerprint density at radius 3 is 2.38 bits per heavy atom. The van der Waals surface area contributed by atoms with E-state index in [2.05, 4.69) is 0 Å². The normalized spacial score (nSPS) is 13.8. The Bertz CT molecular complexity index is 274. The smallest absolute Gasteiger partial charge is 0.161 e. The lowest BCUT2D eigenvalue weighted by molar-refractivity contribution is 0.183. The van der Waals surface area contributed by atoms with Crippen LogP contribution in [-0.4, -0.2) is 24.9 Å². The van der Waals surface area contributed by atoms with Crippen LogP contribution in [0.5, 0.6) is 0 Å². The molecule has 0 amide bonds. The van der Waals surface area contributed by atoms with Crippen molar-refractivity contribution in [1.82, 2.24) is 0 Å². The van der Waals surface area contributed by atoms with Crippen molar-refractivity contribution >= 4 is 0 Å². The molecule has 0 aromatic heterocycles. The minimum Gasteiger partial charge on any atom is -0.396 e. The molecule has 0 aromatic rings. The third kappa shape index (κ3) is 9.20. The second-order valence-corrected chi connectivity index (χ2v) is 3.14. The summed E-state index contributed by atoms with van der Waals surface area (Å²) in [6.07, 6.45) is 13.6. The van der Waals surface area contributed by atoms with Crippen LogP contribution in [0.3, 0.4) is 0 Å². The first-order valence-electron chi connectivity index (χ1n) is 5.35. The molecule has 0 spiro atoms. The van der Waals surface area contributed by atoms with Crippen LogP contribution in [0.25, 0.3) is 0 Å². The van der Waals surface area contributed by atoms with Crippen molar-refractivity contribution in [3.8, 4) is 6.07 Å². The fraction of sp³-hybridized carbons (Fsp3) is 0.462. The number of nitriles is 1. The van der Waals surface area contributed by atoms with E-state index in [0.29, 0.717) is 6.42 Å². The summed E-state index contributed by atoms with van der Waals surface area (Å²) in [5.41, 5.74) is 0. The van der Waals surface area contributed by atoms with Gasteiger partial charge in [0, 0.05) is 13.7 Å². The van der Waals surface area contributed by atoms with E-state index in [-0.39, 0.29) is 6.61 Å². The van der Waals surface area contributed by atoms with E-state index in [0.717, 1.165) is 12.8 Å². The van der Waals surface area contributed by atoms with Gasteiger partial charge in [-0.25, -0.2) is 0 Å². The largest absolute Gasteiger partial charge is 0.396 e. The van der Waals surface area contributed by atoms with Gasteiger partial charge in [-0.1, -0.05) is 30.4 Å². The van der Waals surface area contributed by atoms with Gasteiger partial charge >= 0.3 is 0 Å². The first-order chi connectivity index (χ1) is 7.85. The van der Waals surface area contributed by atoms with Gasteiger partial charge in [-0.05, 0) is 25.3 Å². The molecule has 16 heavy (non-hydrogen) atoms. The summed E-state index contributed by atoms with van der Waals surface area (Å²) in [6, 6.07) is 2.01. The van der Waals surface area contributed by atoms with Gasteiger partial charge in [0.05, 0.1) is 6.07 Å². The highest BCUT2D eigenvalue weighted by atomic mass is 16.5. The maximum atomic E-state index is 8.58. The van der Waals surface area contributed by atoms with Crippen LogP contribution in [0.1, 0.15) is 19.3 Å². The lowest BCUT2D eigenvalue weighted by Gasteiger charge is -1.96. The number of hydrogen-bond acceptors (Lipinski definition) is 3. The Labute approximate surface area is 97.4 Å². The maximum Gasteiger partial charge on any atom is 0.161 e. The van der Waals surface area contributed by atoms with Crippen molar-refractivity contribution in [2.45, 2.75) is 25.4 Å². The molecule has 1 atom stereocenters. The molecule has 0 aliphatic rings. The molecule has 1 unspecified atom stereocenters. The highest BCUT2D eigenvalue weighted by Crippen LogP contribution is 1.95. The molecule has 0 radical (unpaired) electrons. The Morgan fingerprint density at radius 1 is 1.19 bits per heavy atom. The highest BCUT2D eigenvalue weighted by Gasteiger charge is 1.95. The lowest BCUT2D eigenvalue weighted by Crippen LogP contribution is -2.01. The second-order valence-electron chi connectivity index (χ2n) is 3.14. The predicted octanol–water partition coefficient (Wildman–Crippen LogP) is 2.36. The van der Waals surface area contributed by atoms with E-state index < -0.39 is 6.10 Å². The Morgan fingerprint density at radius 2 is 1.81 bits per heavy atom. The summed E-state index contributed by atoms with van der Waals surface area (Å²) in [6.45, 7) is 0.204. The molecular formula is C13H19NO2. The van der Waals surface area contributed by atoms with Crippen LogP contribution < -0.4 is 0 Å². The maximum absolute atomic E-state index is 8.58. The van der Waals surface area contributed by atoms with Crippen molar-refractivity contribution in [1.29, 1.82) is 5.26 Å². The Hall–Kier alpha value is -1.37. The third-order valence-corrected chi connectivity index (χ3v) is 1.87. The third-order valence-electron chi connectivity index (χ3n) is 1.87. The van der Waals surface area contributed by atoms with Gasteiger partial charge in [0.25, 0.3) is 0 Å². The summed E-state index contributed by atoms with van der Waals surface area (Å²) < 4.78 is 4.86. The lowest BCUT2D eigenvalue weighted by atomic mass is 10.2. The van der Waals surface area contributed by atoms with Crippen molar-refractivity contribution in [3.63, 3.8) is 0 Å². The van der Waals surface area contributed by atoms with Gasteiger partial charge in [-0.3, -0.25) is 0 Å². The van der Waals surface area contributed by atoms with Crippen LogP contribution >= 0.6 is 0 Å². The number of methoxy groups -OCH3 is 1. The number of aliphatic hydroxyl groups excluding tert-OH is 1. The molecule has 0 bridgehead atoms. The minimum absolute atomic E-state index is 0.204. The summed E-state index contributed by atoms with van der Waals surface area (Å²) in [5.74, 6) is 0. The first-order valence-corrected chi connectivity index (χ1v) is 5.35. The van der Waals surface area contributed by atoms with E-state index in [1.807, 2.05) is 36.4 Å². The molecule has 0 aliphatic carbocycles. The number of rotatable bonds is 8. The molecule has 0 saturated heterocycles. The van der Waals surface area contributed by atoms with Gasteiger partial charge in [0.15, 0.2) is 6.10 Å². The quantitative estimate of drug-likeness (QED) is 0.640. The molecule has 0 saturated carbocycles. The summed E-state index contributed by atoms with van der Waals surface area (Å²) in [4.78, 5) is 0. The molecule has 3 heteroatoms. The van der Waals surface area contributed by atoms with E-state index in [1.54, 1.807) is 6.08 Å². The standard InChI is InChI=1S/C13H19NO2/c1-16-13(12-14)10-8-6-4-2-3-5-7-9-11-15/h2,4-5,7-8,10,13,15H,3,6,9,11H2,1H3/b4-2+,7-5+,10-8+. The van der Waals surface area contributed by atoms with Crippen molar-refractivity contribution in [2.75, 3.05) is 13.7 Å². The molecule has 0 rings (SSSR count). The molecule has 0 aliphatic heterocycles. The molecular weight excluding hydrogens is 202 g/mol. The highest BCUT2D eigenvalue weighted by molar-refractivity contribution is 5.04. The molecule has 3 nitrogen and oxygen atoms in total. The number of hydrogen-bond donors (Lipinski definition) is 1. The minimum atomic E-state index is -0.446. The SMILES string of the molecule is COC(C#N)/C=C/C/C=C/C/C=C/CCO. The van der Waals surface area contributed by atoms with Gasteiger partial charge in [-0.15, -0.1) is 0 Å². The topological polar surface area (TPSA) is 53.2 Å². The zero-order valence-electron chi connectivity index (χ0n) is 9.67.